The Balaban J connectivity index is 1.10. The third-order valence-corrected chi connectivity index (χ3v) is 12.8. The number of benzene rings is 9. The SMILES string of the molecule is [C-]#[N+]c1ccccc1N(c1ccccc1)c1cccc2c1c1cccc3c4cc5c(cc4n2c31)c1cccc2c3c(N(c4ccccc4)c4ccccc4C#N)cccc3n5c12. The lowest BCUT2D eigenvalue weighted by atomic mass is 10.0. The van der Waals surface area contributed by atoms with Crippen molar-refractivity contribution in [3.05, 3.63) is 211 Å². The van der Waals surface area contributed by atoms with Crippen molar-refractivity contribution in [2.45, 2.75) is 0 Å². The van der Waals surface area contributed by atoms with Crippen LogP contribution in [-0.2, 0) is 0 Å². The number of rotatable bonds is 6. The summed E-state index contributed by atoms with van der Waals surface area (Å²) >= 11 is 0. The predicted octanol–water partition coefficient (Wildman–Crippen LogP) is 15.3. The normalized spacial score (nSPS) is 11.8. The van der Waals surface area contributed by atoms with Crippen molar-refractivity contribution in [1.82, 2.24) is 8.80 Å². The molecule has 0 N–H and O–H groups in total. The second-order valence-corrected chi connectivity index (χ2v) is 15.9. The third-order valence-electron chi connectivity index (χ3n) is 12.8. The zero-order valence-corrected chi connectivity index (χ0v) is 33.2. The minimum atomic E-state index is 0.600. The van der Waals surface area contributed by atoms with Gasteiger partial charge < -0.3 is 18.6 Å². The summed E-state index contributed by atoms with van der Waals surface area (Å²) in [5.74, 6) is 0. The standard InChI is InChI=1S/C56H32N6/c1-58-44-25-9-11-27-46(44)60(37-19-6-3-7-20-37)48-29-15-31-50-54(48)41-24-13-22-39-43-32-51-42(33-52(43)62(50)56(39)41)38-21-12-23-40-53-47(28-14-30-49(53)61(51)55(38)40)59(36-17-4-2-5-18-36)45-26-10-8-16-35(45)34-57/h2-33H. The molecule has 13 rings (SSSR count). The zero-order valence-electron chi connectivity index (χ0n) is 33.2. The van der Waals surface area contributed by atoms with E-state index in [-0.39, 0.29) is 0 Å². The number of hydrogen-bond acceptors (Lipinski definition) is 3. The summed E-state index contributed by atoms with van der Waals surface area (Å²) in [6.45, 7) is 8.10. The van der Waals surface area contributed by atoms with Crippen LogP contribution >= 0.6 is 0 Å². The molecule has 0 saturated carbocycles. The first-order valence-corrected chi connectivity index (χ1v) is 20.7. The van der Waals surface area contributed by atoms with Crippen LogP contribution < -0.4 is 9.80 Å². The minimum absolute atomic E-state index is 0.600. The van der Waals surface area contributed by atoms with E-state index in [0.29, 0.717) is 11.3 Å². The van der Waals surface area contributed by atoms with Gasteiger partial charge in [-0.05, 0) is 78.9 Å². The van der Waals surface area contributed by atoms with Gasteiger partial charge in [-0.3, -0.25) is 0 Å². The Morgan fingerprint density at radius 3 is 1.37 bits per heavy atom. The van der Waals surface area contributed by atoms with Gasteiger partial charge in [-0.15, -0.1) is 0 Å². The van der Waals surface area contributed by atoms with Crippen LogP contribution in [0.15, 0.2) is 194 Å². The van der Waals surface area contributed by atoms with Gasteiger partial charge in [0, 0.05) is 54.5 Å². The molecule has 0 atom stereocenters. The molecule has 6 nitrogen and oxygen atoms in total. The lowest BCUT2D eigenvalue weighted by Gasteiger charge is -2.27. The van der Waals surface area contributed by atoms with Gasteiger partial charge >= 0.3 is 0 Å². The average Bonchev–Trinajstić information content (AvgIpc) is 4.06. The average molecular weight is 789 g/mol. The molecule has 0 unspecified atom stereocenters. The number of nitriles is 1. The topological polar surface area (TPSA) is 43.5 Å². The van der Waals surface area contributed by atoms with E-state index in [9.17, 15) is 5.26 Å². The van der Waals surface area contributed by atoms with E-state index in [4.69, 9.17) is 6.57 Å². The number of anilines is 6. The first-order valence-electron chi connectivity index (χ1n) is 20.7. The Hall–Kier alpha value is -8.84. The van der Waals surface area contributed by atoms with Gasteiger partial charge in [0.15, 0.2) is 0 Å². The van der Waals surface area contributed by atoms with Gasteiger partial charge in [0.2, 0.25) is 5.69 Å². The Bertz CT molecular complexity index is 3750. The maximum absolute atomic E-state index is 10.3. The first-order chi connectivity index (χ1) is 30.7. The molecule has 4 aromatic heterocycles. The van der Waals surface area contributed by atoms with Crippen molar-refractivity contribution in [2.75, 3.05) is 9.80 Å². The van der Waals surface area contributed by atoms with Crippen LogP contribution in [0.5, 0.6) is 0 Å². The quantitative estimate of drug-likeness (QED) is 0.158. The van der Waals surface area contributed by atoms with Crippen molar-refractivity contribution in [1.29, 1.82) is 5.26 Å². The third kappa shape index (κ3) is 4.50. The van der Waals surface area contributed by atoms with Crippen LogP contribution in [0.1, 0.15) is 5.56 Å². The largest absolute Gasteiger partial charge is 0.320 e. The lowest BCUT2D eigenvalue weighted by molar-refractivity contribution is 1.28. The molecule has 0 radical (unpaired) electrons. The Morgan fingerprint density at radius 2 is 0.839 bits per heavy atom. The molecule has 286 valence electrons. The Kier molecular flexibility index (Phi) is 7.05. The smallest absolute Gasteiger partial charge is 0.210 e. The van der Waals surface area contributed by atoms with E-state index >= 15 is 0 Å². The summed E-state index contributed by atoms with van der Waals surface area (Å²) < 4.78 is 4.91. The van der Waals surface area contributed by atoms with Crippen LogP contribution in [0, 0.1) is 17.9 Å². The summed E-state index contributed by atoms with van der Waals surface area (Å²) in [4.78, 5) is 8.43. The molecule has 0 aliphatic heterocycles. The van der Waals surface area contributed by atoms with Crippen LogP contribution in [0.2, 0.25) is 0 Å². The molecule has 0 aliphatic carbocycles. The van der Waals surface area contributed by atoms with Gasteiger partial charge in [0.05, 0.1) is 68.0 Å². The molecule has 13 aromatic rings. The number of fused-ring (bicyclic) bond motifs is 12. The number of aromatic nitrogens is 2. The molecular formula is C56H32N6. The van der Waals surface area contributed by atoms with Gasteiger partial charge in [0.1, 0.15) is 6.07 Å². The fraction of sp³-hybridized carbons (Fsp3) is 0. The fourth-order valence-electron chi connectivity index (χ4n) is 10.4. The predicted molar refractivity (Wildman–Crippen MR) is 256 cm³/mol. The minimum Gasteiger partial charge on any atom is -0.320 e. The van der Waals surface area contributed by atoms with Crippen molar-refractivity contribution in [3.8, 4) is 6.07 Å². The molecule has 0 spiro atoms. The Labute approximate surface area is 355 Å². The zero-order chi connectivity index (χ0) is 41.1. The molecule has 6 heteroatoms. The molecule has 0 fully saturated rings. The van der Waals surface area contributed by atoms with E-state index in [1.165, 1.54) is 43.4 Å². The first kappa shape index (κ1) is 34.1. The van der Waals surface area contributed by atoms with Gasteiger partial charge in [-0.25, -0.2) is 4.85 Å². The van der Waals surface area contributed by atoms with Crippen LogP contribution in [0.25, 0.3) is 81.0 Å². The Morgan fingerprint density at radius 1 is 0.403 bits per heavy atom. The summed E-state index contributed by atoms with van der Waals surface area (Å²) in [7, 11) is 0. The fourth-order valence-corrected chi connectivity index (χ4v) is 10.4. The number of para-hydroxylation sites is 7. The molecule has 0 bridgehead atoms. The van der Waals surface area contributed by atoms with E-state index < -0.39 is 0 Å². The van der Waals surface area contributed by atoms with Crippen LogP contribution in [-0.4, -0.2) is 8.80 Å². The summed E-state index contributed by atoms with van der Waals surface area (Å²) in [5, 5.41) is 19.7. The second-order valence-electron chi connectivity index (χ2n) is 15.9. The molecule has 4 heterocycles. The van der Waals surface area contributed by atoms with Crippen molar-refractivity contribution < 1.29 is 0 Å². The maximum atomic E-state index is 10.3. The summed E-state index contributed by atoms with van der Waals surface area (Å²) in [6.07, 6.45) is 0. The highest BCUT2D eigenvalue weighted by atomic mass is 15.2. The molecular weight excluding hydrogens is 757 g/mol. The number of nitrogens with zero attached hydrogens (tertiary/aromatic N) is 6. The van der Waals surface area contributed by atoms with Crippen molar-refractivity contribution >= 4 is 116 Å². The van der Waals surface area contributed by atoms with E-state index in [0.717, 1.165) is 67.0 Å². The molecule has 0 amide bonds. The highest BCUT2D eigenvalue weighted by molar-refractivity contribution is 6.31. The monoisotopic (exact) mass is 788 g/mol. The van der Waals surface area contributed by atoms with Crippen LogP contribution in [0.4, 0.5) is 39.8 Å². The summed E-state index contributed by atoms with van der Waals surface area (Å²) in [5.41, 5.74) is 13.9. The highest BCUT2D eigenvalue weighted by Gasteiger charge is 2.27. The second kappa shape index (κ2) is 12.8. The maximum Gasteiger partial charge on any atom is 0.210 e. The van der Waals surface area contributed by atoms with Gasteiger partial charge in [-0.1, -0.05) is 115 Å². The highest BCUT2D eigenvalue weighted by Crippen LogP contribution is 2.50. The van der Waals surface area contributed by atoms with Gasteiger partial charge in [0.25, 0.3) is 0 Å². The molecule has 62 heavy (non-hydrogen) atoms. The van der Waals surface area contributed by atoms with E-state index in [1.54, 1.807) is 0 Å². The molecule has 9 aromatic carbocycles. The van der Waals surface area contributed by atoms with Gasteiger partial charge in [-0.2, -0.15) is 5.26 Å². The molecule has 0 aliphatic rings. The van der Waals surface area contributed by atoms with Crippen LogP contribution in [0.3, 0.4) is 0 Å². The number of hydrogen-bond donors (Lipinski definition) is 0. The lowest BCUT2D eigenvalue weighted by Crippen LogP contribution is -2.11. The molecule has 0 saturated heterocycles. The summed E-state index contributed by atoms with van der Waals surface area (Å²) in [6, 6.07) is 70.2. The van der Waals surface area contributed by atoms with Crippen molar-refractivity contribution in [3.63, 3.8) is 0 Å². The van der Waals surface area contributed by atoms with Crippen molar-refractivity contribution in [2.24, 2.45) is 0 Å². The van der Waals surface area contributed by atoms with E-state index in [1.807, 2.05) is 72.8 Å². The van der Waals surface area contributed by atoms with E-state index in [2.05, 4.69) is 151 Å².